The maximum absolute atomic E-state index is 11.9. The number of hydrogen-bond donors (Lipinski definition) is 5. The minimum atomic E-state index is -0.353. The maximum atomic E-state index is 11.9. The number of urea groups is 1. The second-order valence-electron chi connectivity index (χ2n) is 4.89. The fourth-order valence-electron chi connectivity index (χ4n) is 1.83. The predicted octanol–water partition coefficient (Wildman–Crippen LogP) is 3.19. The van der Waals surface area contributed by atoms with Crippen molar-refractivity contribution in [3.63, 3.8) is 0 Å². The summed E-state index contributed by atoms with van der Waals surface area (Å²) in [6.45, 7) is 1.78. The largest absolute Gasteiger partial charge is 0.369 e. The quantitative estimate of drug-likeness (QED) is 0.333. The predicted molar refractivity (Wildman–Crippen MR) is 97.8 cm³/mol. The number of benzene rings is 2. The van der Waals surface area contributed by atoms with Crippen molar-refractivity contribution < 1.29 is 4.79 Å². The molecule has 0 aromatic heterocycles. The van der Waals surface area contributed by atoms with Gasteiger partial charge in [-0.15, -0.1) is 0 Å². The van der Waals surface area contributed by atoms with Gasteiger partial charge in [0.15, 0.2) is 0 Å². The number of amides is 2. The summed E-state index contributed by atoms with van der Waals surface area (Å²) in [5.74, 6) is -0.230. The molecule has 0 fully saturated rings. The number of carbonyl (C=O) groups excluding carboxylic acids is 1. The van der Waals surface area contributed by atoms with Crippen LogP contribution in [0.25, 0.3) is 0 Å². The number of nitrogens with one attached hydrogen (secondary N) is 4. The average molecular weight is 345 g/mol. The van der Waals surface area contributed by atoms with Crippen LogP contribution in [-0.4, -0.2) is 17.7 Å². The molecule has 0 bridgehead atoms. The van der Waals surface area contributed by atoms with Crippen molar-refractivity contribution in [1.29, 1.82) is 5.41 Å². The minimum absolute atomic E-state index is 0.230. The number of halogens is 1. The Labute approximate surface area is 144 Å². The van der Waals surface area contributed by atoms with E-state index in [0.717, 1.165) is 5.56 Å². The Morgan fingerprint density at radius 3 is 2.04 bits per heavy atom. The second-order valence-corrected chi connectivity index (χ2v) is 5.32. The molecular weight excluding hydrogens is 328 g/mol. The van der Waals surface area contributed by atoms with E-state index < -0.39 is 0 Å². The fourth-order valence-corrected chi connectivity index (χ4v) is 1.96. The van der Waals surface area contributed by atoms with Gasteiger partial charge in [0, 0.05) is 16.4 Å². The van der Waals surface area contributed by atoms with Gasteiger partial charge in [-0.1, -0.05) is 23.7 Å². The van der Waals surface area contributed by atoms with Crippen LogP contribution in [0.4, 0.5) is 16.2 Å². The standard InChI is InChI=1S/C16H17ClN6O/c1-10(22-23-15(18)19)11-2-6-13(7-3-11)20-16(24)21-14-8-4-12(17)5-9-14/h2-9H,1H3,(H4,18,19,23)(H2,20,21,24)/b22-10+. The lowest BCUT2D eigenvalue weighted by atomic mass is 10.1. The van der Waals surface area contributed by atoms with Crippen molar-refractivity contribution >= 4 is 40.7 Å². The topological polar surface area (TPSA) is 115 Å². The Bertz CT molecular complexity index is 755. The summed E-state index contributed by atoms with van der Waals surface area (Å²) in [6.07, 6.45) is 0. The molecule has 0 atom stereocenters. The summed E-state index contributed by atoms with van der Waals surface area (Å²) < 4.78 is 0. The van der Waals surface area contributed by atoms with Crippen LogP contribution in [0.5, 0.6) is 0 Å². The summed E-state index contributed by atoms with van der Waals surface area (Å²) >= 11 is 5.80. The lowest BCUT2D eigenvalue weighted by molar-refractivity contribution is 0.262. The molecule has 2 rings (SSSR count). The molecule has 0 saturated carbocycles. The van der Waals surface area contributed by atoms with Gasteiger partial charge in [0.05, 0.1) is 5.71 Å². The number of nitrogens with zero attached hydrogens (tertiary/aromatic N) is 1. The zero-order chi connectivity index (χ0) is 17.5. The van der Waals surface area contributed by atoms with Gasteiger partial charge in [-0.3, -0.25) is 5.41 Å². The Balaban J connectivity index is 1.95. The number of hydrogen-bond acceptors (Lipinski definition) is 3. The number of rotatable bonds is 4. The summed E-state index contributed by atoms with van der Waals surface area (Å²) in [4.78, 5) is 11.9. The summed E-state index contributed by atoms with van der Waals surface area (Å²) in [5.41, 5.74) is 10.3. The van der Waals surface area contributed by atoms with Gasteiger partial charge in [-0.25, -0.2) is 10.2 Å². The molecule has 7 nitrogen and oxygen atoms in total. The van der Waals surface area contributed by atoms with Crippen LogP contribution in [0.1, 0.15) is 12.5 Å². The first-order valence-corrected chi connectivity index (χ1v) is 7.40. The van der Waals surface area contributed by atoms with E-state index in [0.29, 0.717) is 22.1 Å². The number of anilines is 2. The molecule has 0 unspecified atom stereocenters. The van der Waals surface area contributed by atoms with Crippen molar-refractivity contribution in [3.8, 4) is 0 Å². The van der Waals surface area contributed by atoms with Gasteiger partial charge in [-0.2, -0.15) is 5.10 Å². The van der Waals surface area contributed by atoms with E-state index in [4.69, 9.17) is 22.7 Å². The van der Waals surface area contributed by atoms with Crippen LogP contribution >= 0.6 is 11.6 Å². The van der Waals surface area contributed by atoms with Crippen LogP contribution in [0, 0.1) is 5.41 Å². The zero-order valence-electron chi connectivity index (χ0n) is 12.9. The van der Waals surface area contributed by atoms with Crippen molar-refractivity contribution in [2.45, 2.75) is 6.92 Å². The highest BCUT2D eigenvalue weighted by Gasteiger charge is 2.04. The summed E-state index contributed by atoms with van der Waals surface area (Å²) in [5, 5.41) is 17.1. The molecule has 0 aliphatic carbocycles. The van der Waals surface area contributed by atoms with E-state index in [9.17, 15) is 4.79 Å². The van der Waals surface area contributed by atoms with E-state index in [1.807, 2.05) is 0 Å². The van der Waals surface area contributed by atoms with Crippen LogP contribution in [0.2, 0.25) is 5.02 Å². The normalized spacial score (nSPS) is 10.8. The molecule has 6 N–H and O–H groups in total. The number of carbonyl (C=O) groups is 1. The van der Waals surface area contributed by atoms with E-state index in [2.05, 4.69) is 21.2 Å². The SMILES string of the molecule is C/C(=N\NC(=N)N)c1ccc(NC(=O)Nc2ccc(Cl)cc2)cc1. The Kier molecular flexibility index (Phi) is 5.75. The third kappa shape index (κ3) is 5.29. The molecule has 0 aliphatic rings. The highest BCUT2D eigenvalue weighted by Crippen LogP contribution is 2.15. The first kappa shape index (κ1) is 17.3. The Morgan fingerprint density at radius 1 is 1.04 bits per heavy atom. The van der Waals surface area contributed by atoms with Gasteiger partial charge in [-0.05, 0) is 48.9 Å². The van der Waals surface area contributed by atoms with Crippen molar-refractivity contribution in [2.75, 3.05) is 10.6 Å². The maximum Gasteiger partial charge on any atom is 0.323 e. The van der Waals surface area contributed by atoms with Gasteiger partial charge in [0.1, 0.15) is 0 Å². The monoisotopic (exact) mass is 344 g/mol. The van der Waals surface area contributed by atoms with Crippen LogP contribution < -0.4 is 21.8 Å². The van der Waals surface area contributed by atoms with Gasteiger partial charge < -0.3 is 16.4 Å². The smallest absolute Gasteiger partial charge is 0.323 e. The average Bonchev–Trinajstić information content (AvgIpc) is 2.55. The molecule has 2 amide bonds. The molecule has 0 radical (unpaired) electrons. The highest BCUT2D eigenvalue weighted by atomic mass is 35.5. The third-order valence-electron chi connectivity index (χ3n) is 3.01. The zero-order valence-corrected chi connectivity index (χ0v) is 13.7. The van der Waals surface area contributed by atoms with Crippen LogP contribution in [-0.2, 0) is 0 Å². The van der Waals surface area contributed by atoms with E-state index in [-0.39, 0.29) is 12.0 Å². The highest BCUT2D eigenvalue weighted by molar-refractivity contribution is 6.30. The fraction of sp³-hybridized carbons (Fsp3) is 0.0625. The van der Waals surface area contributed by atoms with Crippen molar-refractivity contribution in [1.82, 2.24) is 5.43 Å². The van der Waals surface area contributed by atoms with Gasteiger partial charge in [0.25, 0.3) is 0 Å². The Hall–Kier alpha value is -3.06. The second kappa shape index (κ2) is 7.98. The summed E-state index contributed by atoms with van der Waals surface area (Å²) in [7, 11) is 0. The van der Waals surface area contributed by atoms with E-state index >= 15 is 0 Å². The molecule has 2 aromatic carbocycles. The molecule has 8 heteroatoms. The van der Waals surface area contributed by atoms with Crippen LogP contribution in [0.3, 0.4) is 0 Å². The van der Waals surface area contributed by atoms with Gasteiger partial charge >= 0.3 is 6.03 Å². The minimum Gasteiger partial charge on any atom is -0.369 e. The summed E-state index contributed by atoms with van der Waals surface area (Å²) in [6, 6.07) is 13.6. The Morgan fingerprint density at radius 2 is 1.54 bits per heavy atom. The van der Waals surface area contributed by atoms with Crippen LogP contribution in [0.15, 0.2) is 53.6 Å². The van der Waals surface area contributed by atoms with Crippen molar-refractivity contribution in [2.24, 2.45) is 10.8 Å². The molecule has 0 spiro atoms. The molecule has 124 valence electrons. The molecule has 2 aromatic rings. The van der Waals surface area contributed by atoms with E-state index in [1.165, 1.54) is 0 Å². The molecule has 24 heavy (non-hydrogen) atoms. The van der Waals surface area contributed by atoms with E-state index in [1.54, 1.807) is 55.5 Å². The molecule has 0 heterocycles. The lowest BCUT2D eigenvalue weighted by Gasteiger charge is -2.08. The molecular formula is C16H17ClN6O. The van der Waals surface area contributed by atoms with Crippen molar-refractivity contribution in [3.05, 3.63) is 59.1 Å². The molecule has 0 saturated heterocycles. The first-order valence-electron chi connectivity index (χ1n) is 7.02. The number of hydrazone groups is 1. The lowest BCUT2D eigenvalue weighted by Crippen LogP contribution is -2.26. The first-order chi connectivity index (χ1) is 11.4. The number of nitrogens with two attached hydrogens (primary N) is 1. The number of guanidine groups is 1. The van der Waals surface area contributed by atoms with Gasteiger partial charge in [0.2, 0.25) is 5.96 Å². The molecule has 0 aliphatic heterocycles. The third-order valence-corrected chi connectivity index (χ3v) is 3.26.